The number of hydrogen-bond donors (Lipinski definition) is 1. The largest absolute Gasteiger partial charge is 0.479 e. The summed E-state index contributed by atoms with van der Waals surface area (Å²) in [7, 11) is 0. The van der Waals surface area contributed by atoms with Crippen molar-refractivity contribution in [1.82, 2.24) is 0 Å². The van der Waals surface area contributed by atoms with Crippen molar-refractivity contribution in [2.24, 2.45) is 23.2 Å². The molecule has 4 fully saturated rings. The number of hydrogen-bond acceptors (Lipinski definition) is 3. The molecule has 4 aliphatic rings. The molecule has 0 saturated heterocycles. The molecule has 4 nitrogen and oxygen atoms in total. The van der Waals surface area contributed by atoms with Crippen molar-refractivity contribution in [3.63, 3.8) is 0 Å². The number of carboxylic acid groups (broad SMARTS) is 1. The maximum Gasteiger partial charge on any atom is 0.341 e. The summed E-state index contributed by atoms with van der Waals surface area (Å²) in [6.07, 6.45) is 6.59. The highest BCUT2D eigenvalue weighted by molar-refractivity contribution is 5.80. The first-order valence-corrected chi connectivity index (χ1v) is 6.46. The molecular formula is C13H18O4. The second-order valence-electron chi connectivity index (χ2n) is 6.17. The molecule has 0 unspecified atom stereocenters. The Kier molecular flexibility index (Phi) is 2.42. The number of rotatable bonds is 3. The van der Waals surface area contributed by atoms with Crippen LogP contribution in [-0.4, -0.2) is 23.7 Å². The number of carbonyl (C=O) groups is 2. The zero-order chi connectivity index (χ0) is 12.0. The van der Waals surface area contributed by atoms with Gasteiger partial charge >= 0.3 is 11.9 Å². The molecule has 1 N–H and O–H groups in total. The van der Waals surface area contributed by atoms with Gasteiger partial charge in [0.2, 0.25) is 0 Å². The third-order valence-electron chi connectivity index (χ3n) is 4.80. The zero-order valence-corrected chi connectivity index (χ0v) is 9.85. The van der Waals surface area contributed by atoms with Crippen molar-refractivity contribution in [2.45, 2.75) is 38.5 Å². The second kappa shape index (κ2) is 3.72. The van der Waals surface area contributed by atoms with Gasteiger partial charge in [-0.1, -0.05) is 0 Å². The monoisotopic (exact) mass is 238 g/mol. The standard InChI is InChI=1S/C13H18O4/c14-11(15)7-17-12(16)13-4-8-1-9(5-13)3-10(2-8)6-13/h8-10H,1-7H2,(H,14,15). The van der Waals surface area contributed by atoms with Gasteiger partial charge in [-0.25, -0.2) is 4.79 Å². The Labute approximate surface area is 100 Å². The fraction of sp³-hybridized carbons (Fsp3) is 0.846. The van der Waals surface area contributed by atoms with E-state index in [9.17, 15) is 9.59 Å². The van der Waals surface area contributed by atoms with Gasteiger partial charge < -0.3 is 9.84 Å². The lowest BCUT2D eigenvalue weighted by Crippen LogP contribution is -2.50. The fourth-order valence-electron chi connectivity index (χ4n) is 4.64. The third-order valence-corrected chi connectivity index (χ3v) is 4.80. The first kappa shape index (κ1) is 11.1. The molecule has 4 rings (SSSR count). The minimum absolute atomic E-state index is 0.251. The quantitative estimate of drug-likeness (QED) is 0.762. The van der Waals surface area contributed by atoms with Gasteiger partial charge in [-0.3, -0.25) is 4.79 Å². The predicted octanol–water partition coefficient (Wildman–Crippen LogP) is 1.83. The van der Waals surface area contributed by atoms with Crippen LogP contribution in [0.3, 0.4) is 0 Å². The van der Waals surface area contributed by atoms with Crippen LogP contribution >= 0.6 is 0 Å². The average Bonchev–Trinajstić information content (AvgIpc) is 2.23. The van der Waals surface area contributed by atoms with Crippen molar-refractivity contribution in [2.75, 3.05) is 6.61 Å². The topological polar surface area (TPSA) is 63.6 Å². The SMILES string of the molecule is O=C(O)COC(=O)C12CC3CC(CC(C3)C1)C2. The summed E-state index contributed by atoms with van der Waals surface area (Å²) >= 11 is 0. The molecule has 4 bridgehead atoms. The Hall–Kier alpha value is -1.06. The molecule has 0 aromatic rings. The van der Waals surface area contributed by atoms with E-state index in [2.05, 4.69) is 0 Å². The molecule has 0 amide bonds. The fourth-order valence-corrected chi connectivity index (χ4v) is 4.64. The Balaban J connectivity index is 1.73. The van der Waals surface area contributed by atoms with Gasteiger partial charge in [0.1, 0.15) is 0 Å². The van der Waals surface area contributed by atoms with Crippen molar-refractivity contribution < 1.29 is 19.4 Å². The molecule has 17 heavy (non-hydrogen) atoms. The van der Waals surface area contributed by atoms with Crippen LogP contribution < -0.4 is 0 Å². The molecule has 0 aromatic heterocycles. The summed E-state index contributed by atoms with van der Waals surface area (Å²) in [6.45, 7) is -0.486. The molecule has 0 radical (unpaired) electrons. The maximum absolute atomic E-state index is 12.1. The van der Waals surface area contributed by atoms with E-state index in [0.29, 0.717) is 17.8 Å². The molecule has 4 saturated carbocycles. The highest BCUT2D eigenvalue weighted by atomic mass is 16.6. The predicted molar refractivity (Wildman–Crippen MR) is 59.2 cm³/mol. The third kappa shape index (κ3) is 1.83. The van der Waals surface area contributed by atoms with Crippen LogP contribution in [0.4, 0.5) is 0 Å². The lowest BCUT2D eigenvalue weighted by Gasteiger charge is -2.55. The highest BCUT2D eigenvalue weighted by Gasteiger charge is 2.55. The molecule has 0 aromatic carbocycles. The smallest absolute Gasteiger partial charge is 0.341 e. The summed E-state index contributed by atoms with van der Waals surface area (Å²) in [5, 5.41) is 8.57. The van der Waals surface area contributed by atoms with E-state index in [4.69, 9.17) is 9.84 Å². The number of esters is 1. The lowest BCUT2D eigenvalue weighted by molar-refractivity contribution is -0.175. The molecular weight excluding hydrogens is 220 g/mol. The van der Waals surface area contributed by atoms with Gasteiger partial charge in [-0.15, -0.1) is 0 Å². The lowest BCUT2D eigenvalue weighted by atomic mass is 9.49. The number of ether oxygens (including phenoxy) is 1. The van der Waals surface area contributed by atoms with Crippen LogP contribution in [0.5, 0.6) is 0 Å². The van der Waals surface area contributed by atoms with Crippen LogP contribution in [0.2, 0.25) is 0 Å². The summed E-state index contributed by atoms with van der Waals surface area (Å²) in [5.41, 5.74) is -0.329. The Bertz CT molecular complexity index is 325. The number of carbonyl (C=O) groups excluding carboxylic acids is 1. The van der Waals surface area contributed by atoms with Crippen LogP contribution in [0.15, 0.2) is 0 Å². The molecule has 94 valence electrons. The van der Waals surface area contributed by atoms with Crippen molar-refractivity contribution >= 4 is 11.9 Å². The number of aliphatic carboxylic acids is 1. The summed E-state index contributed by atoms with van der Waals surface area (Å²) < 4.78 is 4.95. The van der Waals surface area contributed by atoms with E-state index in [0.717, 1.165) is 19.3 Å². The van der Waals surface area contributed by atoms with Gasteiger partial charge in [-0.05, 0) is 56.3 Å². The van der Waals surface area contributed by atoms with Gasteiger partial charge in [0.15, 0.2) is 6.61 Å². The summed E-state index contributed by atoms with van der Waals surface area (Å²) in [6, 6.07) is 0. The molecule has 0 aliphatic heterocycles. The number of carboxylic acids is 1. The van der Waals surface area contributed by atoms with E-state index in [1.165, 1.54) is 19.3 Å². The van der Waals surface area contributed by atoms with Crippen molar-refractivity contribution in [1.29, 1.82) is 0 Å². The van der Waals surface area contributed by atoms with E-state index in [1.54, 1.807) is 0 Å². The van der Waals surface area contributed by atoms with Crippen LogP contribution in [0.25, 0.3) is 0 Å². The van der Waals surface area contributed by atoms with Crippen molar-refractivity contribution in [3.05, 3.63) is 0 Å². The molecule has 0 heterocycles. The van der Waals surface area contributed by atoms with Crippen molar-refractivity contribution in [3.8, 4) is 0 Å². The van der Waals surface area contributed by atoms with Gasteiger partial charge in [0.25, 0.3) is 0 Å². The molecule has 0 atom stereocenters. The molecule has 4 heteroatoms. The first-order valence-electron chi connectivity index (χ1n) is 6.46. The Morgan fingerprint density at radius 3 is 1.94 bits per heavy atom. The van der Waals surface area contributed by atoms with Crippen LogP contribution in [-0.2, 0) is 14.3 Å². The summed E-state index contributed by atoms with van der Waals surface area (Å²) in [5.74, 6) is 0.720. The zero-order valence-electron chi connectivity index (χ0n) is 9.85. The summed E-state index contributed by atoms with van der Waals surface area (Å²) in [4.78, 5) is 22.6. The molecule has 0 spiro atoms. The van der Waals surface area contributed by atoms with E-state index < -0.39 is 12.6 Å². The Morgan fingerprint density at radius 1 is 1.06 bits per heavy atom. The Morgan fingerprint density at radius 2 is 1.53 bits per heavy atom. The van der Waals surface area contributed by atoms with Crippen LogP contribution in [0.1, 0.15) is 38.5 Å². The van der Waals surface area contributed by atoms with E-state index in [-0.39, 0.29) is 11.4 Å². The van der Waals surface area contributed by atoms with Crippen LogP contribution in [0, 0.1) is 23.2 Å². The van der Waals surface area contributed by atoms with Gasteiger partial charge in [0, 0.05) is 0 Å². The van der Waals surface area contributed by atoms with Gasteiger partial charge in [0.05, 0.1) is 5.41 Å². The molecule has 4 aliphatic carbocycles. The van der Waals surface area contributed by atoms with E-state index in [1.807, 2.05) is 0 Å². The minimum Gasteiger partial charge on any atom is -0.479 e. The second-order valence-corrected chi connectivity index (χ2v) is 6.17. The van der Waals surface area contributed by atoms with E-state index >= 15 is 0 Å². The minimum atomic E-state index is -1.07. The first-order chi connectivity index (χ1) is 8.07. The normalized spacial score (nSPS) is 42.5. The van der Waals surface area contributed by atoms with Gasteiger partial charge in [-0.2, -0.15) is 0 Å². The highest BCUT2D eigenvalue weighted by Crippen LogP contribution is 2.60. The maximum atomic E-state index is 12.1. The average molecular weight is 238 g/mol.